The smallest absolute Gasteiger partial charge is 0.320 e. The number of rotatable bonds is 7. The van der Waals surface area contributed by atoms with Gasteiger partial charge in [0.2, 0.25) is 5.96 Å². The molecule has 0 fully saturated rings. The molecule has 0 amide bonds. The molecule has 22 heavy (non-hydrogen) atoms. The third-order valence-corrected chi connectivity index (χ3v) is 4.21. The first-order valence-corrected chi connectivity index (χ1v) is 8.08. The largest absolute Gasteiger partial charge is 0.480 e. The fourth-order valence-electron chi connectivity index (χ4n) is 1.58. The lowest BCUT2D eigenvalue weighted by Gasteiger charge is -2.08. The molecule has 0 saturated carbocycles. The van der Waals surface area contributed by atoms with Gasteiger partial charge in [0.1, 0.15) is 6.04 Å². The van der Waals surface area contributed by atoms with Gasteiger partial charge < -0.3 is 16.6 Å². The van der Waals surface area contributed by atoms with Crippen molar-refractivity contribution in [3.63, 3.8) is 0 Å². The fraction of sp³-hybridized carbons (Fsp3) is 0.385. The van der Waals surface area contributed by atoms with Gasteiger partial charge in [-0.05, 0) is 31.9 Å². The molecule has 6 N–H and O–H groups in total. The van der Waals surface area contributed by atoms with Crippen molar-refractivity contribution in [2.45, 2.75) is 30.7 Å². The third-order valence-electron chi connectivity index (χ3n) is 2.84. The number of nitrogens with zero attached hydrogens (tertiary/aromatic N) is 1. The van der Waals surface area contributed by atoms with Gasteiger partial charge >= 0.3 is 5.97 Å². The molecular formula is C13H20N4O4S. The number of nitrogens with two attached hydrogens (primary N) is 2. The van der Waals surface area contributed by atoms with E-state index in [0.29, 0.717) is 6.42 Å². The lowest BCUT2D eigenvalue weighted by Crippen LogP contribution is -2.37. The highest BCUT2D eigenvalue weighted by atomic mass is 32.2. The molecular weight excluding hydrogens is 308 g/mol. The van der Waals surface area contributed by atoms with Gasteiger partial charge in [-0.1, -0.05) is 17.7 Å². The first kappa shape index (κ1) is 17.9. The number of aryl methyl sites for hydroxylation is 1. The van der Waals surface area contributed by atoms with Crippen molar-refractivity contribution in [3.05, 3.63) is 29.8 Å². The van der Waals surface area contributed by atoms with E-state index in [-0.39, 0.29) is 23.8 Å². The minimum absolute atomic E-state index is 0.0872. The molecule has 8 nitrogen and oxygen atoms in total. The molecule has 0 aliphatic rings. The maximum atomic E-state index is 12.0. The number of carboxylic acids is 1. The van der Waals surface area contributed by atoms with Crippen LogP contribution in [0.2, 0.25) is 0 Å². The molecule has 0 unspecified atom stereocenters. The van der Waals surface area contributed by atoms with Gasteiger partial charge in [0.05, 0.1) is 4.90 Å². The topological polar surface area (TPSA) is 148 Å². The summed E-state index contributed by atoms with van der Waals surface area (Å²) in [5, 5.41) is 8.61. The van der Waals surface area contributed by atoms with Crippen molar-refractivity contribution < 1.29 is 18.3 Å². The van der Waals surface area contributed by atoms with E-state index >= 15 is 0 Å². The summed E-state index contributed by atoms with van der Waals surface area (Å²) in [4.78, 5) is 14.4. The highest BCUT2D eigenvalue weighted by Gasteiger charge is 2.14. The molecule has 1 rings (SSSR count). The molecule has 0 heterocycles. The number of aliphatic carboxylic acids is 1. The monoisotopic (exact) mass is 328 g/mol. The van der Waals surface area contributed by atoms with Crippen molar-refractivity contribution >= 4 is 22.0 Å². The van der Waals surface area contributed by atoms with E-state index in [0.717, 1.165) is 5.56 Å². The number of hydrogen-bond donors (Lipinski definition) is 4. The fourth-order valence-corrected chi connectivity index (χ4v) is 2.53. The van der Waals surface area contributed by atoms with E-state index < -0.39 is 22.0 Å². The van der Waals surface area contributed by atoms with Gasteiger partial charge in [0, 0.05) is 6.54 Å². The van der Waals surface area contributed by atoms with E-state index in [1.807, 2.05) is 6.92 Å². The van der Waals surface area contributed by atoms with Crippen molar-refractivity contribution in [2.75, 3.05) is 6.54 Å². The standard InChI is InChI=1S/C13H20N4O4S/c1-9-4-6-10(7-5-9)22(20,21)17-13(15)16-8-2-3-11(14)12(18)19/h4-7,11H,2-3,8,14H2,1H3,(H,18,19)(H3,15,16,17)/t11-/m1/s1. The van der Waals surface area contributed by atoms with Crippen LogP contribution in [0.3, 0.4) is 0 Å². The van der Waals surface area contributed by atoms with Gasteiger partial charge in [-0.2, -0.15) is 0 Å². The van der Waals surface area contributed by atoms with Crippen molar-refractivity contribution in [1.82, 2.24) is 4.72 Å². The summed E-state index contributed by atoms with van der Waals surface area (Å²) in [5.41, 5.74) is 11.8. The first-order chi connectivity index (χ1) is 10.2. The molecule has 1 aromatic carbocycles. The van der Waals surface area contributed by atoms with E-state index in [9.17, 15) is 13.2 Å². The molecule has 0 saturated heterocycles. The van der Waals surface area contributed by atoms with Crippen molar-refractivity contribution in [1.29, 1.82) is 0 Å². The molecule has 9 heteroatoms. The number of nitrogens with one attached hydrogen (secondary N) is 1. The van der Waals surface area contributed by atoms with Crippen molar-refractivity contribution in [2.24, 2.45) is 16.5 Å². The van der Waals surface area contributed by atoms with Crippen molar-refractivity contribution in [3.8, 4) is 0 Å². The van der Waals surface area contributed by atoms with Crippen LogP contribution < -0.4 is 16.2 Å². The Morgan fingerprint density at radius 2 is 1.95 bits per heavy atom. The zero-order valence-electron chi connectivity index (χ0n) is 12.2. The van der Waals surface area contributed by atoms with Gasteiger partial charge in [0.25, 0.3) is 10.0 Å². The highest BCUT2D eigenvalue weighted by molar-refractivity contribution is 7.90. The third kappa shape index (κ3) is 5.70. The molecule has 0 radical (unpaired) electrons. The number of guanidine groups is 1. The van der Waals surface area contributed by atoms with Crippen LogP contribution in [0.15, 0.2) is 34.2 Å². The lowest BCUT2D eigenvalue weighted by molar-refractivity contribution is -0.138. The highest BCUT2D eigenvalue weighted by Crippen LogP contribution is 2.09. The number of carboxylic acid groups (broad SMARTS) is 1. The molecule has 1 atom stereocenters. The summed E-state index contributed by atoms with van der Waals surface area (Å²) in [6.07, 6.45) is 0.622. The molecule has 0 bridgehead atoms. The second-order valence-electron chi connectivity index (χ2n) is 4.77. The van der Waals surface area contributed by atoms with Gasteiger partial charge in [-0.3, -0.25) is 9.79 Å². The Morgan fingerprint density at radius 3 is 2.50 bits per heavy atom. The van der Waals surface area contributed by atoms with E-state index in [1.165, 1.54) is 12.1 Å². The van der Waals surface area contributed by atoms with Gasteiger partial charge in [-0.25, -0.2) is 13.1 Å². The minimum atomic E-state index is -3.77. The molecule has 0 aromatic heterocycles. The summed E-state index contributed by atoms with van der Waals surface area (Å²) >= 11 is 0. The van der Waals surface area contributed by atoms with E-state index in [2.05, 4.69) is 9.71 Å². The quantitative estimate of drug-likeness (QED) is 0.309. The molecule has 0 aliphatic carbocycles. The lowest BCUT2D eigenvalue weighted by atomic mass is 10.2. The average molecular weight is 328 g/mol. The predicted molar refractivity (Wildman–Crippen MR) is 82.8 cm³/mol. The molecule has 0 aliphatic heterocycles. The summed E-state index contributed by atoms with van der Waals surface area (Å²) in [6, 6.07) is 5.33. The Labute approximate surface area is 129 Å². The molecule has 122 valence electrons. The summed E-state index contributed by atoms with van der Waals surface area (Å²) in [5.74, 6) is -1.33. The first-order valence-electron chi connectivity index (χ1n) is 6.60. The van der Waals surface area contributed by atoms with Gasteiger partial charge in [0.15, 0.2) is 0 Å². The van der Waals surface area contributed by atoms with Crippen LogP contribution >= 0.6 is 0 Å². The normalized spacial score (nSPS) is 13.6. The van der Waals surface area contributed by atoms with Gasteiger partial charge in [-0.15, -0.1) is 0 Å². The van der Waals surface area contributed by atoms with Crippen LogP contribution in [0, 0.1) is 6.92 Å². The summed E-state index contributed by atoms with van der Waals surface area (Å²) in [6.45, 7) is 2.03. The number of sulfonamides is 1. The molecule has 1 aromatic rings. The van der Waals surface area contributed by atoms with Crippen LogP contribution in [0.4, 0.5) is 0 Å². The Balaban J connectivity index is 2.56. The van der Waals surface area contributed by atoms with E-state index in [1.54, 1.807) is 12.1 Å². The predicted octanol–water partition coefficient (Wildman–Crippen LogP) is -0.220. The van der Waals surface area contributed by atoms with Crippen LogP contribution in [0.1, 0.15) is 18.4 Å². The number of carbonyl (C=O) groups is 1. The maximum absolute atomic E-state index is 12.0. The SMILES string of the molecule is Cc1ccc(S(=O)(=O)NC(N)=NCCC[C@@H](N)C(=O)O)cc1. The zero-order chi connectivity index (χ0) is 16.8. The van der Waals surface area contributed by atoms with E-state index in [4.69, 9.17) is 16.6 Å². The summed E-state index contributed by atoms with van der Waals surface area (Å²) in [7, 11) is -3.77. The maximum Gasteiger partial charge on any atom is 0.320 e. The van der Waals surface area contributed by atoms with Crippen LogP contribution in [-0.4, -0.2) is 38.0 Å². The minimum Gasteiger partial charge on any atom is -0.480 e. The second kappa shape index (κ2) is 7.76. The van der Waals surface area contributed by atoms with Crippen LogP contribution in [-0.2, 0) is 14.8 Å². The zero-order valence-corrected chi connectivity index (χ0v) is 13.0. The second-order valence-corrected chi connectivity index (χ2v) is 6.45. The Kier molecular flexibility index (Phi) is 6.32. The number of benzene rings is 1. The summed E-state index contributed by atoms with van der Waals surface area (Å²) < 4.78 is 26.2. The number of aliphatic imine (C=N–C) groups is 1. The molecule has 0 spiro atoms. The average Bonchev–Trinajstić information content (AvgIpc) is 2.43. The Morgan fingerprint density at radius 1 is 1.36 bits per heavy atom. The van der Waals surface area contributed by atoms with Crippen LogP contribution in [0.25, 0.3) is 0 Å². The Hall–Kier alpha value is -2.13. The van der Waals surface area contributed by atoms with Crippen LogP contribution in [0.5, 0.6) is 0 Å². The Bertz CT molecular complexity index is 641. The number of hydrogen-bond acceptors (Lipinski definition) is 5.